The summed E-state index contributed by atoms with van der Waals surface area (Å²) in [5.74, 6) is -1.11. The van der Waals surface area contributed by atoms with Crippen molar-refractivity contribution in [1.29, 1.82) is 5.26 Å². The summed E-state index contributed by atoms with van der Waals surface area (Å²) >= 11 is 0. The Morgan fingerprint density at radius 1 is 1.27 bits per heavy atom. The number of benzene rings is 1. The maximum Gasteiger partial charge on any atom is 0.276 e. The molecule has 30 heavy (non-hydrogen) atoms. The molecule has 1 saturated heterocycles. The molecular formula is C22H25FN4O3. The van der Waals surface area contributed by atoms with Crippen molar-refractivity contribution in [3.63, 3.8) is 0 Å². The number of likely N-dealkylation sites (tertiary alicyclic amines) is 1. The third-order valence-electron chi connectivity index (χ3n) is 5.22. The molecule has 1 atom stereocenters. The van der Waals surface area contributed by atoms with Crippen molar-refractivity contribution in [3.05, 3.63) is 52.5 Å². The Bertz CT molecular complexity index is 987. The van der Waals surface area contributed by atoms with Gasteiger partial charge in [0, 0.05) is 13.1 Å². The van der Waals surface area contributed by atoms with Gasteiger partial charge in [0.2, 0.25) is 5.89 Å². The second-order valence-corrected chi connectivity index (χ2v) is 7.81. The summed E-state index contributed by atoms with van der Waals surface area (Å²) in [5, 5.41) is 11.6. The van der Waals surface area contributed by atoms with Crippen molar-refractivity contribution in [2.75, 3.05) is 13.1 Å². The summed E-state index contributed by atoms with van der Waals surface area (Å²) in [5.41, 5.74) is 0.206. The first-order valence-electron chi connectivity index (χ1n) is 10.1. The fourth-order valence-electron chi connectivity index (χ4n) is 3.50. The summed E-state index contributed by atoms with van der Waals surface area (Å²) in [6.07, 6.45) is 3.05. The van der Waals surface area contributed by atoms with Crippen molar-refractivity contribution < 1.29 is 18.4 Å². The van der Waals surface area contributed by atoms with E-state index in [1.54, 1.807) is 11.8 Å². The maximum absolute atomic E-state index is 14.2. The summed E-state index contributed by atoms with van der Waals surface area (Å²) in [6.45, 7) is 6.80. The third-order valence-corrected chi connectivity index (χ3v) is 5.22. The first-order valence-corrected chi connectivity index (χ1v) is 10.1. The number of nitrogens with zero attached hydrogens (tertiary/aromatic N) is 3. The van der Waals surface area contributed by atoms with E-state index < -0.39 is 17.8 Å². The molecular weight excluding hydrogens is 387 g/mol. The number of piperidine rings is 1. The molecule has 1 fully saturated rings. The van der Waals surface area contributed by atoms with Crippen LogP contribution in [0.25, 0.3) is 0 Å². The Morgan fingerprint density at radius 3 is 2.57 bits per heavy atom. The van der Waals surface area contributed by atoms with Gasteiger partial charge in [-0.05, 0) is 50.3 Å². The minimum atomic E-state index is -0.779. The number of carbonyl (C=O) groups excluding carboxylic acids is 2. The molecule has 0 radical (unpaired) electrons. The van der Waals surface area contributed by atoms with Gasteiger partial charge in [-0.1, -0.05) is 13.8 Å². The summed E-state index contributed by atoms with van der Waals surface area (Å²) in [4.78, 5) is 31.6. The van der Waals surface area contributed by atoms with Gasteiger partial charge in [-0.15, -0.1) is 0 Å². The van der Waals surface area contributed by atoms with Gasteiger partial charge in [0.1, 0.15) is 17.6 Å². The zero-order valence-electron chi connectivity index (χ0n) is 17.4. The summed E-state index contributed by atoms with van der Waals surface area (Å²) < 4.78 is 20.0. The molecule has 1 aliphatic heterocycles. The standard InChI is InChI=1S/C22H25FN4O3/c1-13(2)18(25-20(28)16-8-7-15(12-24)11-17(16)23)21-26-19(14(3)30-21)22(29)27-9-5-4-6-10-27/h7-8,11,13,18H,4-6,9-10H2,1-3H3,(H,25,28)/t18-/m0/s1. The number of rotatable bonds is 5. The molecule has 0 unspecified atom stereocenters. The van der Waals surface area contributed by atoms with Gasteiger partial charge < -0.3 is 14.6 Å². The Labute approximate surface area is 174 Å². The molecule has 0 spiro atoms. The lowest BCUT2D eigenvalue weighted by molar-refractivity contribution is 0.0717. The molecule has 158 valence electrons. The van der Waals surface area contributed by atoms with E-state index in [0.29, 0.717) is 18.8 Å². The molecule has 0 saturated carbocycles. The molecule has 0 aliphatic carbocycles. The van der Waals surface area contributed by atoms with E-state index in [1.807, 2.05) is 19.9 Å². The molecule has 2 heterocycles. The van der Waals surface area contributed by atoms with Crippen LogP contribution in [0.2, 0.25) is 0 Å². The smallest absolute Gasteiger partial charge is 0.276 e. The van der Waals surface area contributed by atoms with Crippen LogP contribution >= 0.6 is 0 Å². The number of oxazole rings is 1. The maximum atomic E-state index is 14.2. The average Bonchev–Trinajstić information content (AvgIpc) is 3.12. The third kappa shape index (κ3) is 4.51. The molecule has 8 heteroatoms. The van der Waals surface area contributed by atoms with Gasteiger partial charge in [0.25, 0.3) is 11.8 Å². The summed E-state index contributed by atoms with van der Waals surface area (Å²) in [6, 6.07) is 4.86. The van der Waals surface area contributed by atoms with Crippen LogP contribution in [0.1, 0.15) is 77.2 Å². The Kier molecular flexibility index (Phi) is 6.50. The average molecular weight is 412 g/mol. The highest BCUT2D eigenvalue weighted by Crippen LogP contribution is 2.25. The van der Waals surface area contributed by atoms with E-state index in [2.05, 4.69) is 10.3 Å². The monoisotopic (exact) mass is 412 g/mol. The number of hydrogen-bond acceptors (Lipinski definition) is 5. The highest BCUT2D eigenvalue weighted by molar-refractivity contribution is 5.95. The van der Waals surface area contributed by atoms with Gasteiger partial charge in [0.05, 0.1) is 17.2 Å². The van der Waals surface area contributed by atoms with Crippen LogP contribution in [0, 0.1) is 30.0 Å². The van der Waals surface area contributed by atoms with E-state index in [4.69, 9.17) is 9.68 Å². The lowest BCUT2D eigenvalue weighted by atomic mass is 10.0. The van der Waals surface area contributed by atoms with E-state index in [0.717, 1.165) is 25.3 Å². The first-order chi connectivity index (χ1) is 14.3. The van der Waals surface area contributed by atoms with Gasteiger partial charge in [0.15, 0.2) is 5.69 Å². The molecule has 1 aromatic carbocycles. The molecule has 1 aromatic heterocycles. The van der Waals surface area contributed by atoms with Gasteiger partial charge in [-0.25, -0.2) is 9.37 Å². The van der Waals surface area contributed by atoms with Gasteiger partial charge in [-0.2, -0.15) is 5.26 Å². The number of aromatic nitrogens is 1. The topological polar surface area (TPSA) is 99.2 Å². The second kappa shape index (κ2) is 9.08. The van der Waals surface area contributed by atoms with Crippen LogP contribution in [-0.4, -0.2) is 34.8 Å². The molecule has 1 N–H and O–H groups in total. The molecule has 3 rings (SSSR count). The minimum Gasteiger partial charge on any atom is -0.443 e. The fourth-order valence-corrected chi connectivity index (χ4v) is 3.50. The lowest BCUT2D eigenvalue weighted by Gasteiger charge is -2.25. The van der Waals surface area contributed by atoms with E-state index in [1.165, 1.54) is 12.1 Å². The molecule has 0 bridgehead atoms. The van der Waals surface area contributed by atoms with E-state index in [9.17, 15) is 14.0 Å². The predicted molar refractivity (Wildman–Crippen MR) is 107 cm³/mol. The molecule has 1 aliphatic rings. The highest BCUT2D eigenvalue weighted by Gasteiger charge is 2.30. The number of carbonyl (C=O) groups is 2. The van der Waals surface area contributed by atoms with E-state index >= 15 is 0 Å². The van der Waals surface area contributed by atoms with Crippen LogP contribution in [0.15, 0.2) is 22.6 Å². The zero-order chi connectivity index (χ0) is 21.8. The molecule has 2 aromatic rings. The van der Waals surface area contributed by atoms with Crippen molar-refractivity contribution >= 4 is 11.8 Å². The van der Waals surface area contributed by atoms with Crippen molar-refractivity contribution in [2.45, 2.75) is 46.1 Å². The van der Waals surface area contributed by atoms with Crippen LogP contribution in [-0.2, 0) is 0 Å². The largest absolute Gasteiger partial charge is 0.443 e. The van der Waals surface area contributed by atoms with Crippen LogP contribution in [0.3, 0.4) is 0 Å². The molecule has 2 amide bonds. The van der Waals surface area contributed by atoms with Gasteiger partial charge in [-0.3, -0.25) is 9.59 Å². The molecule has 7 nitrogen and oxygen atoms in total. The quantitative estimate of drug-likeness (QED) is 0.806. The minimum absolute atomic E-state index is 0.119. The van der Waals surface area contributed by atoms with Crippen LogP contribution in [0.4, 0.5) is 4.39 Å². The second-order valence-electron chi connectivity index (χ2n) is 7.81. The zero-order valence-corrected chi connectivity index (χ0v) is 17.4. The number of nitriles is 1. The van der Waals surface area contributed by atoms with Crippen LogP contribution < -0.4 is 5.32 Å². The van der Waals surface area contributed by atoms with Crippen molar-refractivity contribution in [1.82, 2.24) is 15.2 Å². The normalized spacial score (nSPS) is 15.0. The number of halogens is 1. The van der Waals surface area contributed by atoms with Crippen molar-refractivity contribution in [3.8, 4) is 6.07 Å². The predicted octanol–water partition coefficient (Wildman–Crippen LogP) is 3.75. The van der Waals surface area contributed by atoms with Crippen molar-refractivity contribution in [2.24, 2.45) is 5.92 Å². The number of amides is 2. The SMILES string of the molecule is Cc1oc([C@@H](NC(=O)c2ccc(C#N)cc2F)C(C)C)nc1C(=O)N1CCCCC1. The number of hydrogen-bond donors (Lipinski definition) is 1. The Balaban J connectivity index is 1.82. The fraction of sp³-hybridized carbons (Fsp3) is 0.455. The number of aryl methyl sites for hydroxylation is 1. The lowest BCUT2D eigenvalue weighted by Crippen LogP contribution is -2.36. The van der Waals surface area contributed by atoms with E-state index in [-0.39, 0.29) is 34.5 Å². The number of nitrogens with one attached hydrogen (secondary N) is 1. The highest BCUT2D eigenvalue weighted by atomic mass is 19.1. The summed E-state index contributed by atoms with van der Waals surface area (Å²) in [7, 11) is 0. The first kappa shape index (κ1) is 21.5. The van der Waals surface area contributed by atoms with Crippen LogP contribution in [0.5, 0.6) is 0 Å². The Morgan fingerprint density at radius 2 is 1.97 bits per heavy atom. The Hall–Kier alpha value is -3.21. The van der Waals surface area contributed by atoms with Gasteiger partial charge >= 0.3 is 0 Å².